The van der Waals surface area contributed by atoms with E-state index in [2.05, 4.69) is 0 Å². The van der Waals surface area contributed by atoms with Crippen molar-refractivity contribution in [2.45, 2.75) is 12.2 Å². The molecule has 1 N–H and O–H groups in total. The molecular formula is C22H26O7. The van der Waals surface area contributed by atoms with E-state index in [1.54, 1.807) is 26.4 Å². The van der Waals surface area contributed by atoms with Crippen molar-refractivity contribution in [2.75, 3.05) is 41.7 Å². The molecule has 7 nitrogen and oxygen atoms in total. The van der Waals surface area contributed by atoms with E-state index in [1.807, 2.05) is 18.2 Å². The number of phenols is 1. The molecule has 0 spiro atoms. The number of benzene rings is 2. The van der Waals surface area contributed by atoms with E-state index in [4.69, 9.17) is 28.4 Å². The molecule has 29 heavy (non-hydrogen) atoms. The summed E-state index contributed by atoms with van der Waals surface area (Å²) in [4.78, 5) is 0. The number of rotatable bonds is 6. The van der Waals surface area contributed by atoms with Crippen LogP contribution in [-0.2, 0) is 9.47 Å². The van der Waals surface area contributed by atoms with Gasteiger partial charge >= 0.3 is 0 Å². The zero-order valence-electron chi connectivity index (χ0n) is 17.0. The SMILES string of the molecule is COc1ccc(C2OCC3C(c4cc(OC)c(O)c(OC)c4)OCC23)cc1OC. The molecule has 2 saturated heterocycles. The van der Waals surface area contributed by atoms with Crippen LogP contribution in [0.3, 0.4) is 0 Å². The number of ether oxygens (including phenoxy) is 6. The van der Waals surface area contributed by atoms with Crippen LogP contribution in [0.4, 0.5) is 0 Å². The molecule has 4 unspecified atom stereocenters. The topological polar surface area (TPSA) is 75.6 Å². The van der Waals surface area contributed by atoms with Crippen molar-refractivity contribution in [2.24, 2.45) is 11.8 Å². The van der Waals surface area contributed by atoms with Crippen LogP contribution in [0.2, 0.25) is 0 Å². The lowest BCUT2D eigenvalue weighted by atomic mass is 9.84. The van der Waals surface area contributed by atoms with Crippen molar-refractivity contribution in [3.8, 4) is 28.7 Å². The Labute approximate surface area is 170 Å². The number of phenolic OH excluding ortho intramolecular Hbond substituents is 1. The van der Waals surface area contributed by atoms with Crippen molar-refractivity contribution < 1.29 is 33.5 Å². The highest BCUT2D eigenvalue weighted by atomic mass is 16.5. The molecule has 2 aliphatic rings. The Morgan fingerprint density at radius 1 is 0.690 bits per heavy atom. The number of hydrogen-bond acceptors (Lipinski definition) is 7. The van der Waals surface area contributed by atoms with Gasteiger partial charge in [-0.3, -0.25) is 0 Å². The van der Waals surface area contributed by atoms with Gasteiger partial charge in [0.25, 0.3) is 0 Å². The normalized spacial score (nSPS) is 25.5. The van der Waals surface area contributed by atoms with Gasteiger partial charge in [0.05, 0.1) is 53.9 Å². The molecule has 0 aromatic heterocycles. The molecule has 156 valence electrons. The maximum absolute atomic E-state index is 10.2. The summed E-state index contributed by atoms with van der Waals surface area (Å²) in [6, 6.07) is 9.47. The third kappa shape index (κ3) is 3.34. The number of methoxy groups -OCH3 is 4. The predicted octanol–water partition coefficient (Wildman–Crippen LogP) is 3.50. The van der Waals surface area contributed by atoms with E-state index in [0.29, 0.717) is 36.2 Å². The van der Waals surface area contributed by atoms with Gasteiger partial charge in [-0.25, -0.2) is 0 Å². The molecule has 0 aliphatic carbocycles. The molecule has 4 rings (SSSR count). The van der Waals surface area contributed by atoms with Crippen molar-refractivity contribution in [3.05, 3.63) is 41.5 Å². The molecule has 0 amide bonds. The van der Waals surface area contributed by atoms with E-state index in [0.717, 1.165) is 11.1 Å². The molecule has 2 aromatic rings. The van der Waals surface area contributed by atoms with Crippen LogP contribution < -0.4 is 18.9 Å². The summed E-state index contributed by atoms with van der Waals surface area (Å²) in [5.74, 6) is 2.48. The summed E-state index contributed by atoms with van der Waals surface area (Å²) in [6.07, 6.45) is -0.237. The van der Waals surface area contributed by atoms with Gasteiger partial charge in [0.1, 0.15) is 0 Å². The average Bonchev–Trinajstić information content (AvgIpc) is 3.35. The van der Waals surface area contributed by atoms with E-state index in [1.165, 1.54) is 14.2 Å². The van der Waals surface area contributed by atoms with Crippen LogP contribution in [0.15, 0.2) is 30.3 Å². The van der Waals surface area contributed by atoms with Crippen molar-refractivity contribution in [1.29, 1.82) is 0 Å². The minimum atomic E-state index is -0.159. The highest BCUT2D eigenvalue weighted by Crippen LogP contribution is 2.52. The second-order valence-electron chi connectivity index (χ2n) is 7.22. The first kappa shape index (κ1) is 19.7. The lowest BCUT2D eigenvalue weighted by Gasteiger charge is -2.19. The highest BCUT2D eigenvalue weighted by Gasteiger charge is 2.48. The third-order valence-electron chi connectivity index (χ3n) is 5.83. The van der Waals surface area contributed by atoms with E-state index in [9.17, 15) is 5.11 Å². The largest absolute Gasteiger partial charge is 0.502 e. The minimum Gasteiger partial charge on any atom is -0.502 e. The first-order valence-corrected chi connectivity index (χ1v) is 9.51. The number of aromatic hydroxyl groups is 1. The standard InChI is InChI=1S/C22H26O7/c1-24-16-6-5-12(7-17(16)25-2)21-14-10-29-22(15(14)11-28-21)13-8-18(26-3)20(23)19(9-13)27-4/h5-9,14-15,21-23H,10-11H2,1-4H3. The van der Waals surface area contributed by atoms with Gasteiger partial charge < -0.3 is 33.5 Å². The Balaban J connectivity index is 1.60. The van der Waals surface area contributed by atoms with E-state index in [-0.39, 0.29) is 29.8 Å². The Kier molecular flexibility index (Phi) is 5.43. The predicted molar refractivity (Wildman–Crippen MR) is 105 cm³/mol. The first-order valence-electron chi connectivity index (χ1n) is 9.51. The third-order valence-corrected chi connectivity index (χ3v) is 5.83. The zero-order chi connectivity index (χ0) is 20.5. The van der Waals surface area contributed by atoms with Crippen LogP contribution in [0, 0.1) is 11.8 Å². The van der Waals surface area contributed by atoms with Gasteiger partial charge in [0.2, 0.25) is 5.75 Å². The zero-order valence-corrected chi connectivity index (χ0v) is 17.0. The molecule has 0 radical (unpaired) electrons. The maximum atomic E-state index is 10.2. The fourth-order valence-electron chi connectivity index (χ4n) is 4.34. The Hall–Kier alpha value is -2.64. The summed E-state index contributed by atoms with van der Waals surface area (Å²) < 4.78 is 33.7. The average molecular weight is 402 g/mol. The monoisotopic (exact) mass is 402 g/mol. The van der Waals surface area contributed by atoms with Gasteiger partial charge in [-0.1, -0.05) is 6.07 Å². The number of fused-ring (bicyclic) bond motifs is 1. The second-order valence-corrected chi connectivity index (χ2v) is 7.22. The molecule has 2 aromatic carbocycles. The van der Waals surface area contributed by atoms with Crippen LogP contribution >= 0.6 is 0 Å². The molecule has 2 aliphatic heterocycles. The van der Waals surface area contributed by atoms with Crippen molar-refractivity contribution in [1.82, 2.24) is 0 Å². The number of hydrogen-bond donors (Lipinski definition) is 1. The highest BCUT2D eigenvalue weighted by molar-refractivity contribution is 5.53. The van der Waals surface area contributed by atoms with Crippen LogP contribution in [0.25, 0.3) is 0 Å². The Morgan fingerprint density at radius 3 is 1.69 bits per heavy atom. The van der Waals surface area contributed by atoms with Crippen molar-refractivity contribution >= 4 is 0 Å². The van der Waals surface area contributed by atoms with Gasteiger partial charge in [0, 0.05) is 11.8 Å². The smallest absolute Gasteiger partial charge is 0.200 e. The van der Waals surface area contributed by atoms with Gasteiger partial charge in [-0.2, -0.15) is 0 Å². The summed E-state index contributed by atoms with van der Waals surface area (Å²) in [5, 5.41) is 10.2. The maximum Gasteiger partial charge on any atom is 0.200 e. The first-order chi connectivity index (χ1) is 14.1. The lowest BCUT2D eigenvalue weighted by Crippen LogP contribution is -2.14. The Morgan fingerprint density at radius 2 is 1.17 bits per heavy atom. The molecule has 7 heteroatoms. The quantitative estimate of drug-likeness (QED) is 0.792. The van der Waals surface area contributed by atoms with Gasteiger partial charge in [-0.05, 0) is 35.4 Å². The molecule has 4 atom stereocenters. The fraction of sp³-hybridized carbons (Fsp3) is 0.455. The van der Waals surface area contributed by atoms with E-state index < -0.39 is 0 Å². The lowest BCUT2D eigenvalue weighted by molar-refractivity contribution is 0.0191. The fourth-order valence-corrected chi connectivity index (χ4v) is 4.34. The summed E-state index contributed by atoms with van der Waals surface area (Å²) in [5.41, 5.74) is 1.95. The molecular weight excluding hydrogens is 376 g/mol. The summed E-state index contributed by atoms with van der Waals surface area (Å²) >= 11 is 0. The Bertz CT molecular complexity index is 856. The molecule has 2 fully saturated rings. The molecule has 0 saturated carbocycles. The second kappa shape index (κ2) is 8.00. The molecule has 2 heterocycles. The van der Waals surface area contributed by atoms with Gasteiger partial charge in [0.15, 0.2) is 23.0 Å². The van der Waals surface area contributed by atoms with E-state index >= 15 is 0 Å². The van der Waals surface area contributed by atoms with Crippen LogP contribution in [0.1, 0.15) is 23.3 Å². The van der Waals surface area contributed by atoms with Crippen LogP contribution in [0.5, 0.6) is 28.7 Å². The van der Waals surface area contributed by atoms with Crippen molar-refractivity contribution in [3.63, 3.8) is 0 Å². The van der Waals surface area contributed by atoms with Gasteiger partial charge in [-0.15, -0.1) is 0 Å². The molecule has 0 bridgehead atoms. The minimum absolute atomic E-state index is 0.0147. The van der Waals surface area contributed by atoms with Crippen LogP contribution in [-0.4, -0.2) is 46.8 Å². The summed E-state index contributed by atoms with van der Waals surface area (Å²) in [7, 11) is 6.28. The summed E-state index contributed by atoms with van der Waals surface area (Å²) in [6.45, 7) is 1.17.